The standard InChI is InChI=1S/C13H16ClNOS/c1-17-12-5-3-2-4-10(12)13(16)15-8-11(14)9-6-7-9/h2-5,9,11H,6-8H2,1H3,(H,15,16). The topological polar surface area (TPSA) is 29.1 Å². The van der Waals surface area contributed by atoms with E-state index in [-0.39, 0.29) is 11.3 Å². The average Bonchev–Trinajstić information content (AvgIpc) is 3.19. The van der Waals surface area contributed by atoms with Crippen molar-refractivity contribution in [2.75, 3.05) is 12.8 Å². The summed E-state index contributed by atoms with van der Waals surface area (Å²) in [6, 6.07) is 7.63. The molecule has 1 fully saturated rings. The summed E-state index contributed by atoms with van der Waals surface area (Å²) in [7, 11) is 0. The van der Waals surface area contributed by atoms with E-state index in [1.54, 1.807) is 11.8 Å². The Morgan fingerprint density at radius 1 is 1.53 bits per heavy atom. The van der Waals surface area contributed by atoms with Crippen molar-refractivity contribution in [3.8, 4) is 0 Å². The van der Waals surface area contributed by atoms with Gasteiger partial charge in [-0.1, -0.05) is 12.1 Å². The summed E-state index contributed by atoms with van der Waals surface area (Å²) in [4.78, 5) is 13.0. The number of alkyl halides is 1. The van der Waals surface area contributed by atoms with Gasteiger partial charge in [-0.3, -0.25) is 4.79 Å². The van der Waals surface area contributed by atoms with Crippen molar-refractivity contribution in [3.63, 3.8) is 0 Å². The van der Waals surface area contributed by atoms with Gasteiger partial charge in [0.05, 0.1) is 10.9 Å². The first-order valence-electron chi connectivity index (χ1n) is 5.77. The number of rotatable bonds is 5. The number of amides is 1. The van der Waals surface area contributed by atoms with Crippen LogP contribution in [-0.2, 0) is 0 Å². The van der Waals surface area contributed by atoms with Crippen LogP contribution in [0.2, 0.25) is 0 Å². The van der Waals surface area contributed by atoms with Crippen LogP contribution >= 0.6 is 23.4 Å². The number of carbonyl (C=O) groups is 1. The number of hydrogen-bond acceptors (Lipinski definition) is 2. The van der Waals surface area contributed by atoms with E-state index in [1.165, 1.54) is 12.8 Å². The van der Waals surface area contributed by atoms with Crippen molar-refractivity contribution in [2.24, 2.45) is 5.92 Å². The lowest BCUT2D eigenvalue weighted by molar-refractivity contribution is 0.0950. The number of benzene rings is 1. The maximum Gasteiger partial charge on any atom is 0.252 e. The summed E-state index contributed by atoms with van der Waals surface area (Å²) < 4.78 is 0. The molecule has 1 aromatic rings. The zero-order valence-corrected chi connectivity index (χ0v) is 11.4. The highest BCUT2D eigenvalue weighted by Gasteiger charge is 2.29. The first-order valence-corrected chi connectivity index (χ1v) is 7.43. The zero-order chi connectivity index (χ0) is 12.3. The van der Waals surface area contributed by atoms with E-state index in [4.69, 9.17) is 11.6 Å². The van der Waals surface area contributed by atoms with Crippen LogP contribution in [0.5, 0.6) is 0 Å². The van der Waals surface area contributed by atoms with E-state index in [9.17, 15) is 4.79 Å². The molecular weight excluding hydrogens is 254 g/mol. The summed E-state index contributed by atoms with van der Waals surface area (Å²) in [6.07, 6.45) is 4.37. The monoisotopic (exact) mass is 269 g/mol. The third kappa shape index (κ3) is 3.39. The molecule has 1 atom stereocenters. The van der Waals surface area contributed by atoms with E-state index in [0.29, 0.717) is 12.5 Å². The third-order valence-electron chi connectivity index (χ3n) is 2.94. The van der Waals surface area contributed by atoms with Gasteiger partial charge in [-0.2, -0.15) is 0 Å². The quantitative estimate of drug-likeness (QED) is 0.657. The first kappa shape index (κ1) is 12.8. The van der Waals surface area contributed by atoms with E-state index in [2.05, 4.69) is 5.32 Å². The largest absolute Gasteiger partial charge is 0.351 e. The third-order valence-corrected chi connectivity index (χ3v) is 4.25. The van der Waals surface area contributed by atoms with Gasteiger partial charge >= 0.3 is 0 Å². The molecule has 4 heteroatoms. The molecule has 1 amide bonds. The van der Waals surface area contributed by atoms with Crippen LogP contribution in [0.4, 0.5) is 0 Å². The van der Waals surface area contributed by atoms with Crippen LogP contribution in [0.15, 0.2) is 29.2 Å². The molecule has 2 nitrogen and oxygen atoms in total. The van der Waals surface area contributed by atoms with Crippen LogP contribution in [0.25, 0.3) is 0 Å². The molecule has 0 spiro atoms. The van der Waals surface area contributed by atoms with Crippen molar-refractivity contribution >= 4 is 29.3 Å². The van der Waals surface area contributed by atoms with Crippen LogP contribution in [0.1, 0.15) is 23.2 Å². The minimum Gasteiger partial charge on any atom is -0.351 e. The summed E-state index contributed by atoms with van der Waals surface area (Å²) >= 11 is 7.75. The molecule has 0 aliphatic heterocycles. The molecule has 17 heavy (non-hydrogen) atoms. The fraction of sp³-hybridized carbons (Fsp3) is 0.462. The number of halogens is 1. The lowest BCUT2D eigenvalue weighted by Crippen LogP contribution is -2.30. The predicted molar refractivity (Wildman–Crippen MR) is 72.9 cm³/mol. The van der Waals surface area contributed by atoms with Gasteiger partial charge in [0.2, 0.25) is 0 Å². The molecule has 0 bridgehead atoms. The van der Waals surface area contributed by atoms with Crippen LogP contribution < -0.4 is 5.32 Å². The van der Waals surface area contributed by atoms with Gasteiger partial charge in [0.25, 0.3) is 5.91 Å². The maximum absolute atomic E-state index is 12.0. The van der Waals surface area contributed by atoms with Gasteiger partial charge < -0.3 is 5.32 Å². The number of carbonyl (C=O) groups excluding carboxylic acids is 1. The molecular formula is C13H16ClNOS. The van der Waals surface area contributed by atoms with Gasteiger partial charge in [0.1, 0.15) is 0 Å². The highest BCUT2D eigenvalue weighted by Crippen LogP contribution is 2.35. The summed E-state index contributed by atoms with van der Waals surface area (Å²) in [5.41, 5.74) is 0.736. The summed E-state index contributed by atoms with van der Waals surface area (Å²) in [5.74, 6) is 0.578. The van der Waals surface area contributed by atoms with Crippen LogP contribution in [-0.4, -0.2) is 24.1 Å². The SMILES string of the molecule is CSc1ccccc1C(=O)NCC(Cl)C1CC1. The van der Waals surface area contributed by atoms with Crippen molar-refractivity contribution in [1.29, 1.82) is 0 Å². The Balaban J connectivity index is 1.94. The van der Waals surface area contributed by atoms with Gasteiger partial charge in [0, 0.05) is 11.4 Å². The van der Waals surface area contributed by atoms with E-state index < -0.39 is 0 Å². The maximum atomic E-state index is 12.0. The molecule has 1 aromatic carbocycles. The minimum absolute atomic E-state index is 0.0266. The smallest absolute Gasteiger partial charge is 0.252 e. The van der Waals surface area contributed by atoms with Crippen LogP contribution in [0.3, 0.4) is 0 Å². The average molecular weight is 270 g/mol. The number of hydrogen-bond donors (Lipinski definition) is 1. The van der Waals surface area contributed by atoms with E-state index >= 15 is 0 Å². The second-order valence-corrected chi connectivity index (χ2v) is 5.67. The molecule has 0 heterocycles. The number of thioether (sulfide) groups is 1. The second-order valence-electron chi connectivity index (χ2n) is 4.26. The lowest BCUT2D eigenvalue weighted by Gasteiger charge is -2.11. The van der Waals surface area contributed by atoms with Crippen molar-refractivity contribution < 1.29 is 4.79 Å². The fourth-order valence-corrected chi connectivity index (χ4v) is 2.67. The summed E-state index contributed by atoms with van der Waals surface area (Å²) in [5, 5.41) is 2.99. The van der Waals surface area contributed by atoms with E-state index in [0.717, 1.165) is 10.5 Å². The Bertz CT molecular complexity index is 406. The molecule has 92 valence electrons. The number of nitrogens with one attached hydrogen (secondary N) is 1. The highest BCUT2D eigenvalue weighted by molar-refractivity contribution is 7.98. The molecule has 1 saturated carbocycles. The first-order chi connectivity index (χ1) is 8.22. The van der Waals surface area contributed by atoms with Gasteiger partial charge in [-0.25, -0.2) is 0 Å². The molecule has 1 aliphatic rings. The van der Waals surface area contributed by atoms with Crippen molar-refractivity contribution in [1.82, 2.24) is 5.32 Å². The zero-order valence-electron chi connectivity index (χ0n) is 9.78. The Morgan fingerprint density at radius 3 is 2.88 bits per heavy atom. The van der Waals surface area contributed by atoms with Gasteiger partial charge in [-0.15, -0.1) is 23.4 Å². The summed E-state index contributed by atoms with van der Waals surface area (Å²) in [6.45, 7) is 0.563. The molecule has 2 rings (SSSR count). The van der Waals surface area contributed by atoms with Crippen LogP contribution in [0, 0.1) is 5.92 Å². The van der Waals surface area contributed by atoms with E-state index in [1.807, 2.05) is 30.5 Å². The molecule has 0 radical (unpaired) electrons. The fourth-order valence-electron chi connectivity index (χ4n) is 1.74. The molecule has 1 N–H and O–H groups in total. The Kier molecular flexibility index (Phi) is 4.35. The highest BCUT2D eigenvalue weighted by atomic mass is 35.5. The molecule has 1 unspecified atom stereocenters. The normalized spacial score (nSPS) is 16.6. The predicted octanol–water partition coefficient (Wildman–Crippen LogP) is 3.16. The molecule has 1 aliphatic carbocycles. The van der Waals surface area contributed by atoms with Gasteiger partial charge in [0.15, 0.2) is 0 Å². The van der Waals surface area contributed by atoms with Gasteiger partial charge in [-0.05, 0) is 37.1 Å². The molecule has 0 aromatic heterocycles. The lowest BCUT2D eigenvalue weighted by atomic mass is 10.2. The second kappa shape index (κ2) is 5.78. The van der Waals surface area contributed by atoms with Crippen molar-refractivity contribution in [3.05, 3.63) is 29.8 Å². The minimum atomic E-state index is -0.0266. The Hall–Kier alpha value is -0.670. The molecule has 0 saturated heterocycles. The van der Waals surface area contributed by atoms with Crippen molar-refractivity contribution in [2.45, 2.75) is 23.1 Å². The Morgan fingerprint density at radius 2 is 2.24 bits per heavy atom. The Labute approximate surface area is 111 Å².